The molecule has 0 aliphatic heterocycles. The molecule has 0 unspecified atom stereocenters. The topological polar surface area (TPSA) is 25.2 Å². The second-order valence-corrected chi connectivity index (χ2v) is 7.42. The molecule has 114 valence electrons. The fourth-order valence-corrected chi connectivity index (χ4v) is 2.63. The van der Waals surface area contributed by atoms with Crippen LogP contribution < -0.4 is 0 Å². The van der Waals surface area contributed by atoms with Gasteiger partial charge in [0.25, 0.3) is 0 Å². The van der Waals surface area contributed by atoms with Crippen LogP contribution in [0.25, 0.3) is 6.08 Å². The highest BCUT2D eigenvalue weighted by Gasteiger charge is 2.30. The number of pyridine rings is 1. The summed E-state index contributed by atoms with van der Waals surface area (Å²) < 4.78 is 0. The van der Waals surface area contributed by atoms with Gasteiger partial charge in [-0.05, 0) is 23.5 Å². The smallest absolute Gasteiger partial charge is 0.159 e. The molecular formula is C19H28N2. The third-order valence-corrected chi connectivity index (χ3v) is 3.44. The monoisotopic (exact) mass is 284 g/mol. The fraction of sp³-hybridized carbons (Fsp3) is 0.474. The summed E-state index contributed by atoms with van der Waals surface area (Å²) in [5, 5.41) is 0. The summed E-state index contributed by atoms with van der Waals surface area (Å²) in [6.07, 6.45) is 5.19. The Balaban J connectivity index is 3.85. The van der Waals surface area contributed by atoms with E-state index in [1.807, 2.05) is 6.08 Å². The summed E-state index contributed by atoms with van der Waals surface area (Å²) in [4.78, 5) is 9.29. The van der Waals surface area contributed by atoms with Crippen molar-refractivity contribution in [3.8, 4) is 0 Å². The van der Waals surface area contributed by atoms with Crippen LogP contribution in [-0.4, -0.2) is 11.2 Å². The van der Waals surface area contributed by atoms with Gasteiger partial charge in [0.05, 0.1) is 5.69 Å². The quantitative estimate of drug-likeness (QED) is 0.671. The molecule has 21 heavy (non-hydrogen) atoms. The highest BCUT2D eigenvalue weighted by Crippen LogP contribution is 2.39. The SMILES string of the molecule is C=CC=Nc1nc(C(C)(C)C)c(C(C)(C)C)c(C)c1C=C. The van der Waals surface area contributed by atoms with Gasteiger partial charge in [-0.3, -0.25) is 0 Å². The molecule has 0 aliphatic carbocycles. The van der Waals surface area contributed by atoms with E-state index in [0.29, 0.717) is 0 Å². The Hall–Kier alpha value is -1.70. The molecule has 1 rings (SSSR count). The molecule has 0 saturated carbocycles. The summed E-state index contributed by atoms with van der Waals surface area (Å²) in [5.41, 5.74) is 4.61. The third-order valence-electron chi connectivity index (χ3n) is 3.44. The highest BCUT2D eigenvalue weighted by atomic mass is 14.9. The molecule has 0 atom stereocenters. The molecule has 0 aromatic carbocycles. The van der Waals surface area contributed by atoms with Gasteiger partial charge in [-0.2, -0.15) is 0 Å². The van der Waals surface area contributed by atoms with Gasteiger partial charge in [0.2, 0.25) is 0 Å². The number of rotatable bonds is 3. The van der Waals surface area contributed by atoms with E-state index in [0.717, 1.165) is 17.1 Å². The number of nitrogens with zero attached hydrogens (tertiary/aromatic N) is 2. The molecule has 0 fully saturated rings. The maximum Gasteiger partial charge on any atom is 0.159 e. The van der Waals surface area contributed by atoms with Crippen LogP contribution in [0.15, 0.2) is 24.2 Å². The lowest BCUT2D eigenvalue weighted by Crippen LogP contribution is -2.25. The van der Waals surface area contributed by atoms with Gasteiger partial charge in [0, 0.05) is 17.2 Å². The van der Waals surface area contributed by atoms with Gasteiger partial charge in [-0.25, -0.2) is 9.98 Å². The molecule has 1 aromatic heterocycles. The molecule has 0 saturated heterocycles. The highest BCUT2D eigenvalue weighted by molar-refractivity contribution is 5.76. The van der Waals surface area contributed by atoms with Crippen LogP contribution in [0.1, 0.15) is 63.9 Å². The maximum atomic E-state index is 4.86. The zero-order chi connectivity index (χ0) is 16.4. The largest absolute Gasteiger partial charge is 0.237 e. The van der Waals surface area contributed by atoms with E-state index >= 15 is 0 Å². The lowest BCUT2D eigenvalue weighted by Gasteiger charge is -2.32. The van der Waals surface area contributed by atoms with E-state index in [4.69, 9.17) is 4.98 Å². The lowest BCUT2D eigenvalue weighted by molar-refractivity contribution is 0.511. The summed E-state index contributed by atoms with van der Waals surface area (Å²) in [7, 11) is 0. The first kappa shape index (κ1) is 17.4. The van der Waals surface area contributed by atoms with Crippen molar-refractivity contribution < 1.29 is 0 Å². The van der Waals surface area contributed by atoms with E-state index in [1.165, 1.54) is 11.1 Å². The van der Waals surface area contributed by atoms with E-state index in [2.05, 4.69) is 66.6 Å². The summed E-state index contributed by atoms with van der Waals surface area (Å²) in [6.45, 7) is 23.0. The number of hydrogen-bond donors (Lipinski definition) is 0. The Morgan fingerprint density at radius 3 is 1.95 bits per heavy atom. The molecule has 0 radical (unpaired) electrons. The van der Waals surface area contributed by atoms with E-state index < -0.39 is 0 Å². The Labute approximate surface area is 129 Å². The third kappa shape index (κ3) is 3.69. The second-order valence-electron chi connectivity index (χ2n) is 7.42. The predicted molar refractivity (Wildman–Crippen MR) is 94.8 cm³/mol. The Bertz CT molecular complexity index is 579. The van der Waals surface area contributed by atoms with Gasteiger partial charge in [-0.15, -0.1) is 0 Å². The molecular weight excluding hydrogens is 256 g/mol. The van der Waals surface area contributed by atoms with Crippen LogP contribution in [0.3, 0.4) is 0 Å². The van der Waals surface area contributed by atoms with Crippen LogP contribution in [0.5, 0.6) is 0 Å². The van der Waals surface area contributed by atoms with Crippen molar-refractivity contribution in [3.05, 3.63) is 41.6 Å². The fourth-order valence-electron chi connectivity index (χ4n) is 2.63. The molecule has 2 heteroatoms. The van der Waals surface area contributed by atoms with Crippen molar-refractivity contribution >= 4 is 18.1 Å². The lowest BCUT2D eigenvalue weighted by atomic mass is 9.75. The molecule has 0 spiro atoms. The average Bonchev–Trinajstić information content (AvgIpc) is 2.32. The van der Waals surface area contributed by atoms with Crippen molar-refractivity contribution in [1.82, 2.24) is 4.98 Å². The standard InChI is InChI=1S/C19H28N2/c1-10-12-20-17-14(11-2)13(3)15(18(4,5)6)16(21-17)19(7,8)9/h10-12H,1-2H2,3-9H3. The van der Waals surface area contributed by atoms with Crippen LogP contribution in [-0.2, 0) is 10.8 Å². The molecule has 0 aliphatic rings. The minimum absolute atomic E-state index is 0.0259. The number of aromatic nitrogens is 1. The summed E-state index contributed by atoms with van der Waals surface area (Å²) >= 11 is 0. The number of aliphatic imine (C=N–C) groups is 1. The normalized spacial score (nSPS) is 12.7. The van der Waals surface area contributed by atoms with Gasteiger partial charge in [0.15, 0.2) is 5.82 Å². The zero-order valence-corrected chi connectivity index (χ0v) is 14.5. The molecule has 0 amide bonds. The van der Waals surface area contributed by atoms with Crippen molar-refractivity contribution in [3.63, 3.8) is 0 Å². The maximum absolute atomic E-state index is 4.86. The summed E-state index contributed by atoms with van der Waals surface area (Å²) in [6, 6.07) is 0. The van der Waals surface area contributed by atoms with E-state index in [1.54, 1.807) is 12.3 Å². The molecule has 2 nitrogen and oxygen atoms in total. The minimum atomic E-state index is -0.0362. The van der Waals surface area contributed by atoms with E-state index in [9.17, 15) is 0 Å². The Morgan fingerprint density at radius 1 is 1.00 bits per heavy atom. The predicted octanol–water partition coefficient (Wildman–Crippen LogP) is 5.52. The first-order valence-electron chi connectivity index (χ1n) is 7.37. The Kier molecular flexibility index (Phi) is 4.93. The van der Waals surface area contributed by atoms with Crippen molar-refractivity contribution in [1.29, 1.82) is 0 Å². The number of allylic oxidation sites excluding steroid dienone is 1. The van der Waals surface area contributed by atoms with Crippen LogP contribution >= 0.6 is 0 Å². The van der Waals surface area contributed by atoms with Gasteiger partial charge in [-0.1, -0.05) is 66.9 Å². The molecule has 1 heterocycles. The first-order chi connectivity index (χ1) is 9.54. The van der Waals surface area contributed by atoms with Crippen LogP contribution in [0.4, 0.5) is 5.82 Å². The van der Waals surface area contributed by atoms with Crippen molar-refractivity contribution in [2.75, 3.05) is 0 Å². The second kappa shape index (κ2) is 5.97. The minimum Gasteiger partial charge on any atom is -0.237 e. The Morgan fingerprint density at radius 2 is 1.57 bits per heavy atom. The number of hydrogen-bond acceptors (Lipinski definition) is 2. The molecule has 1 aromatic rings. The summed E-state index contributed by atoms with van der Waals surface area (Å²) in [5.74, 6) is 0.723. The first-order valence-corrected chi connectivity index (χ1v) is 7.37. The van der Waals surface area contributed by atoms with Crippen LogP contribution in [0.2, 0.25) is 0 Å². The van der Waals surface area contributed by atoms with Crippen molar-refractivity contribution in [2.24, 2.45) is 4.99 Å². The molecule has 0 N–H and O–H groups in total. The average molecular weight is 284 g/mol. The van der Waals surface area contributed by atoms with Gasteiger partial charge < -0.3 is 0 Å². The van der Waals surface area contributed by atoms with E-state index in [-0.39, 0.29) is 10.8 Å². The van der Waals surface area contributed by atoms with Gasteiger partial charge in [0.1, 0.15) is 0 Å². The molecule has 0 bridgehead atoms. The van der Waals surface area contributed by atoms with Crippen molar-refractivity contribution in [2.45, 2.75) is 59.3 Å². The van der Waals surface area contributed by atoms with Gasteiger partial charge >= 0.3 is 0 Å². The zero-order valence-electron chi connectivity index (χ0n) is 14.5. The van der Waals surface area contributed by atoms with Crippen LogP contribution in [0, 0.1) is 6.92 Å².